The molecule has 2 nitrogen and oxygen atoms in total. The number of rotatable bonds is 0. The predicted octanol–water partition coefficient (Wildman–Crippen LogP) is 3.29. The molecule has 0 aliphatic heterocycles. The van der Waals surface area contributed by atoms with Gasteiger partial charge in [-0.3, -0.25) is 0 Å². The van der Waals surface area contributed by atoms with Gasteiger partial charge in [0.05, 0.1) is 0 Å². The van der Waals surface area contributed by atoms with Crippen LogP contribution in [0.25, 0.3) is 10.8 Å². The third kappa shape index (κ3) is 1.44. The molecule has 0 aliphatic carbocycles. The van der Waals surface area contributed by atoms with Gasteiger partial charge < -0.3 is 0 Å². The molecule has 0 atom stereocenters. The maximum Gasteiger partial charge on any atom is 0.195 e. The maximum atomic E-state index is 13.5. The zero-order valence-corrected chi connectivity index (χ0v) is 9.15. The molecule has 6 heteroatoms. The maximum absolute atomic E-state index is 13.5. The van der Waals surface area contributed by atoms with Gasteiger partial charge >= 0.3 is 0 Å². The van der Waals surface area contributed by atoms with Crippen molar-refractivity contribution in [2.45, 2.75) is 0 Å². The number of aromatic nitrogens is 1. The van der Waals surface area contributed by atoms with Crippen LogP contribution in [0.2, 0.25) is 0 Å². The largest absolute Gasteiger partial charge is 0.244 e. The summed E-state index contributed by atoms with van der Waals surface area (Å²) < 4.78 is 39.6. The smallest absolute Gasteiger partial charge is 0.195 e. The Balaban J connectivity index is 3.06. The van der Waals surface area contributed by atoms with Crippen molar-refractivity contribution in [2.24, 2.45) is 0 Å². The van der Waals surface area contributed by atoms with Crippen LogP contribution in [-0.2, 0) is 0 Å². The van der Waals surface area contributed by atoms with Gasteiger partial charge in [0.2, 0.25) is 0 Å². The highest BCUT2D eigenvalue weighted by Gasteiger charge is 2.18. The van der Waals surface area contributed by atoms with Gasteiger partial charge in [0, 0.05) is 21.4 Å². The van der Waals surface area contributed by atoms with E-state index in [-0.39, 0.29) is 20.9 Å². The Kier molecular flexibility index (Phi) is 2.56. The number of hydrogen-bond acceptors (Lipinski definition) is 2. The van der Waals surface area contributed by atoms with Crippen LogP contribution in [0.4, 0.5) is 13.2 Å². The van der Waals surface area contributed by atoms with Gasteiger partial charge in [-0.15, -0.1) is 0 Å². The molecule has 1 aromatic heterocycles. The summed E-state index contributed by atoms with van der Waals surface area (Å²) in [6.07, 6.45) is 1.17. The lowest BCUT2D eigenvalue weighted by Gasteiger charge is -2.05. The molecule has 16 heavy (non-hydrogen) atoms. The molecule has 0 radical (unpaired) electrons. The lowest BCUT2D eigenvalue weighted by molar-refractivity contribution is 0.453. The normalized spacial score (nSPS) is 10.4. The van der Waals surface area contributed by atoms with Crippen molar-refractivity contribution in [3.63, 3.8) is 0 Å². The van der Waals surface area contributed by atoms with Crippen LogP contribution in [0.1, 0.15) is 5.69 Å². The van der Waals surface area contributed by atoms with Crippen molar-refractivity contribution >= 4 is 26.7 Å². The van der Waals surface area contributed by atoms with E-state index in [1.807, 2.05) is 0 Å². The van der Waals surface area contributed by atoms with Gasteiger partial charge in [0.1, 0.15) is 11.8 Å². The Labute approximate surface area is 96.5 Å². The highest BCUT2D eigenvalue weighted by molar-refractivity contribution is 9.10. The average Bonchev–Trinajstić information content (AvgIpc) is 2.26. The fraction of sp³-hybridized carbons (Fsp3) is 0. The minimum atomic E-state index is -1.57. The standard InChI is InChI=1S/C10H2BrF3N2/c11-5-3-16-7(2-15)4-1-6(12)9(13)10(14)8(4)5/h1,3H. The van der Waals surface area contributed by atoms with E-state index < -0.39 is 17.5 Å². The monoisotopic (exact) mass is 286 g/mol. The summed E-state index contributed by atoms with van der Waals surface area (Å²) in [7, 11) is 0. The number of nitriles is 1. The van der Waals surface area contributed by atoms with E-state index >= 15 is 0 Å². The molecule has 80 valence electrons. The van der Waals surface area contributed by atoms with Crippen LogP contribution in [-0.4, -0.2) is 4.98 Å². The number of halogens is 4. The van der Waals surface area contributed by atoms with Gasteiger partial charge in [-0.2, -0.15) is 5.26 Å². The van der Waals surface area contributed by atoms with E-state index in [0.717, 1.165) is 6.07 Å². The first-order valence-electron chi connectivity index (χ1n) is 4.08. The third-order valence-electron chi connectivity index (χ3n) is 2.07. The number of benzene rings is 1. The molecule has 0 aliphatic rings. The molecule has 0 fully saturated rings. The van der Waals surface area contributed by atoms with Crippen LogP contribution in [0.3, 0.4) is 0 Å². The summed E-state index contributed by atoms with van der Waals surface area (Å²) in [4.78, 5) is 3.67. The quantitative estimate of drug-likeness (QED) is 0.697. The first-order valence-corrected chi connectivity index (χ1v) is 4.87. The van der Waals surface area contributed by atoms with E-state index in [9.17, 15) is 13.2 Å². The zero-order chi connectivity index (χ0) is 11.9. The molecule has 0 bridgehead atoms. The van der Waals surface area contributed by atoms with Crippen LogP contribution in [0, 0.1) is 28.8 Å². The van der Waals surface area contributed by atoms with Crippen LogP contribution < -0.4 is 0 Å². The highest BCUT2D eigenvalue weighted by atomic mass is 79.9. The lowest BCUT2D eigenvalue weighted by atomic mass is 10.1. The molecule has 0 saturated carbocycles. The number of hydrogen-bond donors (Lipinski definition) is 0. The Morgan fingerprint density at radius 3 is 2.56 bits per heavy atom. The summed E-state index contributed by atoms with van der Waals surface area (Å²) in [6.45, 7) is 0. The van der Waals surface area contributed by atoms with Gasteiger partial charge in [-0.05, 0) is 22.0 Å². The summed E-state index contributed by atoms with van der Waals surface area (Å²) in [5.74, 6) is -4.24. The molecule has 0 N–H and O–H groups in total. The summed E-state index contributed by atoms with van der Waals surface area (Å²) in [6, 6.07) is 2.44. The van der Waals surface area contributed by atoms with Crippen molar-refractivity contribution < 1.29 is 13.2 Å². The molecule has 0 spiro atoms. The van der Waals surface area contributed by atoms with Gasteiger partial charge in [0.15, 0.2) is 17.5 Å². The molecule has 2 aromatic rings. The molecule has 1 aromatic carbocycles. The molecule has 0 amide bonds. The molecular weight excluding hydrogens is 285 g/mol. The first-order chi connectivity index (χ1) is 7.56. The van der Waals surface area contributed by atoms with Crippen LogP contribution >= 0.6 is 15.9 Å². The van der Waals surface area contributed by atoms with Gasteiger partial charge in [0.25, 0.3) is 0 Å². The third-order valence-corrected chi connectivity index (χ3v) is 2.67. The minimum absolute atomic E-state index is 0.0618. The Morgan fingerprint density at radius 2 is 1.94 bits per heavy atom. The fourth-order valence-corrected chi connectivity index (χ4v) is 1.85. The minimum Gasteiger partial charge on any atom is -0.244 e. The SMILES string of the molecule is N#Cc1ncc(Br)c2c(F)c(F)c(F)cc12. The number of nitrogens with zero attached hydrogens (tertiary/aromatic N) is 2. The van der Waals surface area contributed by atoms with E-state index in [2.05, 4.69) is 20.9 Å². The first kappa shape index (κ1) is 10.9. The van der Waals surface area contributed by atoms with E-state index in [4.69, 9.17) is 5.26 Å². The fourth-order valence-electron chi connectivity index (χ4n) is 1.36. The van der Waals surface area contributed by atoms with E-state index in [0.29, 0.717) is 0 Å². The zero-order valence-electron chi connectivity index (χ0n) is 7.56. The van der Waals surface area contributed by atoms with Crippen molar-refractivity contribution in [1.82, 2.24) is 4.98 Å². The predicted molar refractivity (Wildman–Crippen MR) is 54.0 cm³/mol. The van der Waals surface area contributed by atoms with Crippen molar-refractivity contribution in [3.8, 4) is 6.07 Å². The second-order valence-corrected chi connectivity index (χ2v) is 3.83. The Bertz CT molecular complexity index is 634. The van der Waals surface area contributed by atoms with Crippen molar-refractivity contribution in [2.75, 3.05) is 0 Å². The van der Waals surface area contributed by atoms with Crippen LogP contribution in [0.5, 0.6) is 0 Å². The Morgan fingerprint density at radius 1 is 1.25 bits per heavy atom. The summed E-state index contributed by atoms with van der Waals surface area (Å²) in [5, 5.41) is 8.46. The van der Waals surface area contributed by atoms with Crippen molar-refractivity contribution in [3.05, 3.63) is 39.9 Å². The number of fused-ring (bicyclic) bond motifs is 1. The molecular formula is C10H2BrF3N2. The highest BCUT2D eigenvalue weighted by Crippen LogP contribution is 2.30. The molecule has 0 unspecified atom stereocenters. The molecule has 0 saturated heterocycles. The average molecular weight is 287 g/mol. The molecule has 2 rings (SSSR count). The molecule has 1 heterocycles. The van der Waals surface area contributed by atoms with Gasteiger partial charge in [-0.25, -0.2) is 18.2 Å². The second-order valence-electron chi connectivity index (χ2n) is 2.98. The number of pyridine rings is 1. The summed E-state index contributed by atoms with van der Waals surface area (Å²) in [5.41, 5.74) is -0.156. The van der Waals surface area contributed by atoms with E-state index in [1.54, 1.807) is 6.07 Å². The van der Waals surface area contributed by atoms with Gasteiger partial charge in [-0.1, -0.05) is 0 Å². The topological polar surface area (TPSA) is 36.7 Å². The summed E-state index contributed by atoms with van der Waals surface area (Å²) >= 11 is 2.97. The van der Waals surface area contributed by atoms with E-state index in [1.165, 1.54) is 6.20 Å². The van der Waals surface area contributed by atoms with Crippen LogP contribution in [0.15, 0.2) is 16.7 Å². The Hall–Kier alpha value is -1.61. The second kappa shape index (κ2) is 3.76. The lowest BCUT2D eigenvalue weighted by Crippen LogP contribution is -1.96. The van der Waals surface area contributed by atoms with Crippen molar-refractivity contribution in [1.29, 1.82) is 5.26 Å².